The molecule has 0 atom stereocenters. The van der Waals surface area contributed by atoms with Gasteiger partial charge in [-0.25, -0.2) is 4.98 Å². The molecule has 0 aliphatic heterocycles. The molecule has 3 rings (SSSR count). The first-order chi connectivity index (χ1) is 10.2. The van der Waals surface area contributed by atoms with Crippen LogP contribution in [-0.2, 0) is 6.42 Å². The predicted octanol–water partition coefficient (Wildman–Crippen LogP) is 4.35. The van der Waals surface area contributed by atoms with E-state index in [1.165, 1.54) is 5.56 Å². The molecule has 0 bridgehead atoms. The lowest BCUT2D eigenvalue weighted by atomic mass is 10.1. The van der Waals surface area contributed by atoms with E-state index in [1.54, 1.807) is 10.9 Å². The fraction of sp³-hybridized carbons (Fsp3) is 0.176. The molecule has 0 amide bonds. The number of rotatable bonds is 4. The number of benzene rings is 2. The number of hydrogen-bond donors (Lipinski definition) is 0. The number of carbonyl (C=O) groups excluding carboxylic acids is 1. The number of halogens is 1. The average molecular weight is 299 g/mol. The van der Waals surface area contributed by atoms with Crippen LogP contribution in [0.3, 0.4) is 0 Å². The first-order valence-corrected chi connectivity index (χ1v) is 7.31. The van der Waals surface area contributed by atoms with Gasteiger partial charge in [0.1, 0.15) is 6.33 Å². The lowest BCUT2D eigenvalue weighted by Gasteiger charge is -2.04. The monoisotopic (exact) mass is 298 g/mol. The highest BCUT2D eigenvalue weighted by Crippen LogP contribution is 2.15. The SMILES string of the molecule is O=C(CCCc1ccc(Cl)cc1)n1cnc2ccccc21. The summed E-state index contributed by atoms with van der Waals surface area (Å²) < 4.78 is 1.64. The van der Waals surface area contributed by atoms with E-state index in [1.807, 2.05) is 48.5 Å². The maximum atomic E-state index is 12.3. The number of nitrogens with zero attached hydrogens (tertiary/aromatic N) is 2. The van der Waals surface area contributed by atoms with Crippen LogP contribution in [0.15, 0.2) is 54.9 Å². The van der Waals surface area contributed by atoms with E-state index in [0.717, 1.165) is 28.9 Å². The molecule has 0 aliphatic carbocycles. The summed E-state index contributed by atoms with van der Waals surface area (Å²) in [6, 6.07) is 15.4. The van der Waals surface area contributed by atoms with Crippen molar-refractivity contribution in [2.45, 2.75) is 19.3 Å². The number of imidazole rings is 1. The van der Waals surface area contributed by atoms with Gasteiger partial charge >= 0.3 is 0 Å². The molecule has 0 unspecified atom stereocenters. The van der Waals surface area contributed by atoms with Crippen molar-refractivity contribution in [3.8, 4) is 0 Å². The number of hydrogen-bond acceptors (Lipinski definition) is 2. The Morgan fingerprint density at radius 2 is 1.86 bits per heavy atom. The summed E-state index contributed by atoms with van der Waals surface area (Å²) in [5.41, 5.74) is 2.92. The highest BCUT2D eigenvalue weighted by atomic mass is 35.5. The summed E-state index contributed by atoms with van der Waals surface area (Å²) in [5, 5.41) is 0.736. The van der Waals surface area contributed by atoms with Gasteiger partial charge in [-0.05, 0) is 42.7 Å². The average Bonchev–Trinajstić information content (AvgIpc) is 2.93. The number of carbonyl (C=O) groups is 1. The zero-order valence-electron chi connectivity index (χ0n) is 11.5. The Balaban J connectivity index is 1.63. The van der Waals surface area contributed by atoms with Gasteiger partial charge in [-0.15, -0.1) is 0 Å². The van der Waals surface area contributed by atoms with Gasteiger partial charge in [-0.2, -0.15) is 0 Å². The molecule has 1 aromatic heterocycles. The second-order valence-corrected chi connectivity index (χ2v) is 5.41. The quantitative estimate of drug-likeness (QED) is 0.717. The fourth-order valence-electron chi connectivity index (χ4n) is 2.37. The van der Waals surface area contributed by atoms with Gasteiger partial charge in [0, 0.05) is 11.4 Å². The Hall–Kier alpha value is -2.13. The van der Waals surface area contributed by atoms with Crippen molar-refractivity contribution in [1.29, 1.82) is 0 Å². The fourth-order valence-corrected chi connectivity index (χ4v) is 2.50. The van der Waals surface area contributed by atoms with Crippen molar-refractivity contribution in [2.24, 2.45) is 0 Å². The molecule has 106 valence electrons. The second kappa shape index (κ2) is 6.10. The molecule has 0 spiro atoms. The van der Waals surface area contributed by atoms with Crippen LogP contribution in [0.1, 0.15) is 23.2 Å². The summed E-state index contributed by atoms with van der Waals surface area (Å²) in [6.07, 6.45) is 3.79. The third-order valence-corrected chi connectivity index (χ3v) is 3.74. The molecule has 3 nitrogen and oxygen atoms in total. The van der Waals surface area contributed by atoms with Crippen LogP contribution in [0.4, 0.5) is 0 Å². The standard InChI is InChI=1S/C17H15ClN2O/c18-14-10-8-13(9-11-14)4-3-7-17(21)20-12-19-15-5-1-2-6-16(15)20/h1-2,5-6,8-12H,3-4,7H2. The summed E-state index contributed by atoms with van der Waals surface area (Å²) >= 11 is 5.85. The Bertz CT molecular complexity index is 762. The molecule has 0 aliphatic rings. The Kier molecular flexibility index (Phi) is 4.02. The molecule has 0 fully saturated rings. The zero-order chi connectivity index (χ0) is 14.7. The molecule has 0 saturated carbocycles. The smallest absolute Gasteiger partial charge is 0.232 e. The molecule has 0 N–H and O–H groups in total. The molecule has 0 radical (unpaired) electrons. The van der Waals surface area contributed by atoms with E-state index in [9.17, 15) is 4.79 Å². The molecule has 3 aromatic rings. The normalized spacial score (nSPS) is 10.9. The van der Waals surface area contributed by atoms with Gasteiger partial charge in [0.15, 0.2) is 0 Å². The largest absolute Gasteiger partial charge is 0.274 e. The van der Waals surface area contributed by atoms with E-state index < -0.39 is 0 Å². The second-order valence-electron chi connectivity index (χ2n) is 4.98. The number of aromatic nitrogens is 2. The Morgan fingerprint density at radius 3 is 2.67 bits per heavy atom. The zero-order valence-corrected chi connectivity index (χ0v) is 12.3. The third kappa shape index (κ3) is 3.14. The van der Waals surface area contributed by atoms with Gasteiger partial charge in [0.05, 0.1) is 11.0 Å². The maximum Gasteiger partial charge on any atom is 0.232 e. The van der Waals surface area contributed by atoms with E-state index >= 15 is 0 Å². The van der Waals surface area contributed by atoms with Crippen molar-refractivity contribution in [2.75, 3.05) is 0 Å². The van der Waals surface area contributed by atoms with Gasteiger partial charge in [-0.1, -0.05) is 35.9 Å². The highest BCUT2D eigenvalue weighted by molar-refractivity contribution is 6.30. The summed E-state index contributed by atoms with van der Waals surface area (Å²) in [6.45, 7) is 0. The van der Waals surface area contributed by atoms with E-state index in [4.69, 9.17) is 11.6 Å². The molecule has 2 aromatic carbocycles. The van der Waals surface area contributed by atoms with E-state index in [2.05, 4.69) is 4.98 Å². The molecular formula is C17H15ClN2O. The van der Waals surface area contributed by atoms with Gasteiger partial charge in [0.25, 0.3) is 0 Å². The maximum absolute atomic E-state index is 12.3. The third-order valence-electron chi connectivity index (χ3n) is 3.49. The van der Waals surface area contributed by atoms with Crippen LogP contribution in [0.25, 0.3) is 11.0 Å². The van der Waals surface area contributed by atoms with Gasteiger partial charge in [0.2, 0.25) is 5.91 Å². The lowest BCUT2D eigenvalue weighted by molar-refractivity contribution is 0.0905. The summed E-state index contributed by atoms with van der Waals surface area (Å²) in [4.78, 5) is 16.5. The summed E-state index contributed by atoms with van der Waals surface area (Å²) in [5.74, 6) is 0.0812. The number of fused-ring (bicyclic) bond motifs is 1. The van der Waals surface area contributed by atoms with Gasteiger partial charge in [-0.3, -0.25) is 9.36 Å². The van der Waals surface area contributed by atoms with Crippen LogP contribution in [0, 0.1) is 0 Å². The summed E-state index contributed by atoms with van der Waals surface area (Å²) in [7, 11) is 0. The molecule has 1 heterocycles. The van der Waals surface area contributed by atoms with Crippen LogP contribution in [-0.4, -0.2) is 15.5 Å². The first kappa shape index (κ1) is 13.8. The molecule has 4 heteroatoms. The van der Waals surface area contributed by atoms with E-state index in [0.29, 0.717) is 6.42 Å². The van der Waals surface area contributed by atoms with Crippen LogP contribution < -0.4 is 0 Å². The predicted molar refractivity (Wildman–Crippen MR) is 84.7 cm³/mol. The number of aryl methyl sites for hydroxylation is 1. The minimum atomic E-state index is 0.0812. The minimum Gasteiger partial charge on any atom is -0.274 e. The van der Waals surface area contributed by atoms with Crippen LogP contribution >= 0.6 is 11.6 Å². The van der Waals surface area contributed by atoms with Crippen molar-refractivity contribution in [3.63, 3.8) is 0 Å². The highest BCUT2D eigenvalue weighted by Gasteiger charge is 2.09. The molecule has 21 heavy (non-hydrogen) atoms. The molecular weight excluding hydrogens is 284 g/mol. The Morgan fingerprint density at radius 1 is 1.10 bits per heavy atom. The minimum absolute atomic E-state index is 0.0812. The van der Waals surface area contributed by atoms with Crippen molar-refractivity contribution in [1.82, 2.24) is 9.55 Å². The van der Waals surface area contributed by atoms with Gasteiger partial charge < -0.3 is 0 Å². The van der Waals surface area contributed by atoms with Crippen LogP contribution in [0.5, 0.6) is 0 Å². The van der Waals surface area contributed by atoms with Crippen molar-refractivity contribution < 1.29 is 4.79 Å². The van der Waals surface area contributed by atoms with Crippen molar-refractivity contribution >= 4 is 28.5 Å². The first-order valence-electron chi connectivity index (χ1n) is 6.94. The lowest BCUT2D eigenvalue weighted by Crippen LogP contribution is -2.09. The topological polar surface area (TPSA) is 34.9 Å². The van der Waals surface area contributed by atoms with Crippen molar-refractivity contribution in [3.05, 3.63) is 65.4 Å². The van der Waals surface area contributed by atoms with E-state index in [-0.39, 0.29) is 5.91 Å². The molecule has 0 saturated heterocycles. The van der Waals surface area contributed by atoms with Crippen LogP contribution in [0.2, 0.25) is 5.02 Å². The Labute approximate surface area is 128 Å². The number of para-hydroxylation sites is 2.